The third-order valence-corrected chi connectivity index (χ3v) is 5.10. The lowest BCUT2D eigenvalue weighted by Crippen LogP contribution is -2.37. The number of aryl methyl sites for hydroxylation is 1. The van der Waals surface area contributed by atoms with Crippen LogP contribution in [-0.4, -0.2) is 33.2 Å². The maximum atomic E-state index is 6.12. The van der Waals surface area contributed by atoms with E-state index in [1.54, 1.807) is 13.4 Å². The molecule has 0 aliphatic carbocycles. The zero-order chi connectivity index (χ0) is 18.1. The van der Waals surface area contributed by atoms with Crippen LogP contribution >= 0.6 is 0 Å². The number of hydrogen-bond donors (Lipinski definition) is 0. The molecular weight excluding hydrogens is 330 g/mol. The van der Waals surface area contributed by atoms with E-state index >= 15 is 0 Å². The summed E-state index contributed by atoms with van der Waals surface area (Å²) in [5, 5.41) is 4.39. The van der Waals surface area contributed by atoms with Crippen LogP contribution in [0.5, 0.6) is 0 Å². The van der Waals surface area contributed by atoms with Gasteiger partial charge in [0.25, 0.3) is 5.78 Å². The molecule has 138 valence electrons. The molecule has 1 saturated heterocycles. The molecule has 0 aromatic carbocycles. The van der Waals surface area contributed by atoms with Crippen molar-refractivity contribution >= 4 is 11.6 Å². The molecule has 0 spiro atoms. The topological polar surface area (TPSA) is 68.7 Å². The zero-order valence-corrected chi connectivity index (χ0v) is 15.6. The van der Waals surface area contributed by atoms with Crippen molar-refractivity contribution in [3.63, 3.8) is 0 Å². The normalized spacial score (nSPS) is 20.8. The van der Waals surface area contributed by atoms with Gasteiger partial charge in [-0.15, -0.1) is 0 Å². The summed E-state index contributed by atoms with van der Waals surface area (Å²) in [6.07, 6.45) is 4.64. The van der Waals surface area contributed by atoms with E-state index < -0.39 is 0 Å². The van der Waals surface area contributed by atoms with Crippen molar-refractivity contribution < 1.29 is 9.15 Å². The van der Waals surface area contributed by atoms with Crippen LogP contribution in [0.1, 0.15) is 49.9 Å². The predicted octanol–water partition coefficient (Wildman–Crippen LogP) is 3.40. The van der Waals surface area contributed by atoms with Crippen molar-refractivity contribution in [3.05, 3.63) is 41.7 Å². The van der Waals surface area contributed by atoms with E-state index in [0.29, 0.717) is 18.3 Å². The first kappa shape index (κ1) is 17.0. The highest BCUT2D eigenvalue weighted by Crippen LogP contribution is 2.38. The van der Waals surface area contributed by atoms with Gasteiger partial charge in [-0.2, -0.15) is 14.6 Å². The van der Waals surface area contributed by atoms with Crippen LogP contribution in [0.15, 0.2) is 28.9 Å². The third kappa shape index (κ3) is 3.07. The van der Waals surface area contributed by atoms with Crippen LogP contribution in [0.25, 0.3) is 5.78 Å². The Hall–Kier alpha value is -2.41. The predicted molar refractivity (Wildman–Crippen MR) is 98.1 cm³/mol. The zero-order valence-electron chi connectivity index (χ0n) is 15.6. The fourth-order valence-electron chi connectivity index (χ4n) is 3.72. The second-order valence-electron chi connectivity index (χ2n) is 7.01. The number of hydrogen-bond acceptors (Lipinski definition) is 6. The number of anilines is 1. The molecule has 4 rings (SSSR count). The van der Waals surface area contributed by atoms with Crippen molar-refractivity contribution in [3.8, 4) is 0 Å². The number of fused-ring (bicyclic) bond motifs is 1. The largest absolute Gasteiger partial charge is 0.464 e. The van der Waals surface area contributed by atoms with Crippen LogP contribution in [-0.2, 0) is 17.8 Å². The highest BCUT2D eigenvalue weighted by molar-refractivity contribution is 5.49. The molecule has 2 atom stereocenters. The number of nitrogens with zero attached hydrogens (tertiary/aromatic N) is 5. The highest BCUT2D eigenvalue weighted by Gasteiger charge is 2.32. The van der Waals surface area contributed by atoms with Crippen LogP contribution in [0.2, 0.25) is 0 Å². The van der Waals surface area contributed by atoms with E-state index in [1.165, 1.54) is 0 Å². The van der Waals surface area contributed by atoms with Gasteiger partial charge in [0.1, 0.15) is 23.7 Å². The summed E-state index contributed by atoms with van der Waals surface area (Å²) in [4.78, 5) is 11.2. The summed E-state index contributed by atoms with van der Waals surface area (Å²) in [5.41, 5.74) is 0.856. The molecule has 3 aromatic heterocycles. The molecule has 7 heteroatoms. The van der Waals surface area contributed by atoms with Crippen molar-refractivity contribution in [2.24, 2.45) is 5.92 Å². The number of ether oxygens (including phenoxy) is 1. The molecule has 0 saturated carbocycles. The first-order valence-corrected chi connectivity index (χ1v) is 9.23. The Morgan fingerprint density at radius 1 is 1.35 bits per heavy atom. The van der Waals surface area contributed by atoms with E-state index in [1.807, 2.05) is 4.52 Å². The Labute approximate surface area is 153 Å². The van der Waals surface area contributed by atoms with E-state index in [0.717, 1.165) is 48.8 Å². The third-order valence-electron chi connectivity index (χ3n) is 5.10. The van der Waals surface area contributed by atoms with Crippen molar-refractivity contribution in [1.82, 2.24) is 19.6 Å². The maximum absolute atomic E-state index is 6.12. The number of methoxy groups -OCH3 is 1. The molecule has 4 heterocycles. The van der Waals surface area contributed by atoms with Gasteiger partial charge in [0, 0.05) is 26.1 Å². The van der Waals surface area contributed by atoms with Gasteiger partial charge >= 0.3 is 0 Å². The van der Waals surface area contributed by atoms with Crippen LogP contribution < -0.4 is 4.90 Å². The van der Waals surface area contributed by atoms with E-state index in [-0.39, 0.29) is 6.04 Å². The molecule has 26 heavy (non-hydrogen) atoms. The molecule has 1 fully saturated rings. The summed E-state index contributed by atoms with van der Waals surface area (Å²) in [7, 11) is 1.68. The molecule has 0 amide bonds. The van der Waals surface area contributed by atoms with E-state index in [2.05, 4.69) is 52.0 Å². The van der Waals surface area contributed by atoms with Gasteiger partial charge in [0.2, 0.25) is 0 Å². The summed E-state index contributed by atoms with van der Waals surface area (Å²) in [6.45, 7) is 5.82. The number of piperidine rings is 1. The monoisotopic (exact) mass is 355 g/mol. The first-order chi connectivity index (χ1) is 12.7. The lowest BCUT2D eigenvalue weighted by molar-refractivity contribution is 0.181. The minimum Gasteiger partial charge on any atom is -0.464 e. The van der Waals surface area contributed by atoms with Gasteiger partial charge in [0.15, 0.2) is 0 Å². The van der Waals surface area contributed by atoms with Gasteiger partial charge in [-0.25, -0.2) is 4.98 Å². The van der Waals surface area contributed by atoms with Gasteiger partial charge in [-0.1, -0.05) is 13.8 Å². The van der Waals surface area contributed by atoms with Crippen molar-refractivity contribution in [2.45, 2.75) is 45.8 Å². The molecule has 0 bridgehead atoms. The van der Waals surface area contributed by atoms with Crippen molar-refractivity contribution in [1.29, 1.82) is 0 Å². The maximum Gasteiger partial charge on any atom is 0.254 e. The smallest absolute Gasteiger partial charge is 0.254 e. The first-order valence-electron chi connectivity index (χ1n) is 9.23. The molecular formula is C19H25N5O2. The van der Waals surface area contributed by atoms with Crippen LogP contribution in [0.3, 0.4) is 0 Å². The number of furan rings is 1. The Morgan fingerprint density at radius 2 is 2.23 bits per heavy atom. The van der Waals surface area contributed by atoms with E-state index in [4.69, 9.17) is 9.15 Å². The fourth-order valence-corrected chi connectivity index (χ4v) is 3.72. The Bertz CT molecular complexity index is 887. The molecule has 2 unspecified atom stereocenters. The molecule has 0 N–H and O–H groups in total. The molecule has 0 radical (unpaired) electrons. The summed E-state index contributed by atoms with van der Waals surface area (Å²) in [6, 6.07) is 6.44. The second kappa shape index (κ2) is 7.07. The average molecular weight is 355 g/mol. The fraction of sp³-hybridized carbons (Fsp3) is 0.526. The lowest BCUT2D eigenvalue weighted by Gasteiger charge is -2.38. The summed E-state index contributed by atoms with van der Waals surface area (Å²) < 4.78 is 13.2. The molecule has 7 nitrogen and oxygen atoms in total. The number of aromatic nitrogens is 4. The lowest BCUT2D eigenvalue weighted by atomic mass is 9.91. The van der Waals surface area contributed by atoms with Crippen LogP contribution in [0, 0.1) is 5.92 Å². The minimum absolute atomic E-state index is 0.184. The summed E-state index contributed by atoms with van der Waals surface area (Å²) in [5.74, 6) is 4.29. The van der Waals surface area contributed by atoms with Crippen LogP contribution in [0.4, 0.5) is 5.82 Å². The Kier molecular flexibility index (Phi) is 4.63. The Morgan fingerprint density at radius 3 is 3.00 bits per heavy atom. The SMILES string of the molecule is CCc1ccc(C2CC(C)CCN2c2cc(COC)nc3ncnn23)o1. The van der Waals surface area contributed by atoms with Gasteiger partial charge in [0.05, 0.1) is 18.3 Å². The van der Waals surface area contributed by atoms with Gasteiger partial charge < -0.3 is 14.1 Å². The summed E-state index contributed by atoms with van der Waals surface area (Å²) >= 11 is 0. The molecule has 1 aliphatic heterocycles. The van der Waals surface area contributed by atoms with Crippen molar-refractivity contribution in [2.75, 3.05) is 18.6 Å². The highest BCUT2D eigenvalue weighted by atomic mass is 16.5. The van der Waals surface area contributed by atoms with Gasteiger partial charge in [-0.3, -0.25) is 0 Å². The van der Waals surface area contributed by atoms with E-state index in [9.17, 15) is 0 Å². The Balaban J connectivity index is 1.78. The van der Waals surface area contributed by atoms with Gasteiger partial charge in [-0.05, 0) is 30.9 Å². The number of rotatable bonds is 5. The standard InChI is InChI=1S/C19H25N5O2/c1-4-15-5-6-17(26-15)16-9-13(2)7-8-23(16)18-10-14(11-25-3)22-19-20-12-21-24(18)19/h5-6,10,12-13,16H,4,7-9,11H2,1-3H3. The average Bonchev–Trinajstić information content (AvgIpc) is 3.30. The second-order valence-corrected chi connectivity index (χ2v) is 7.01. The minimum atomic E-state index is 0.184. The quantitative estimate of drug-likeness (QED) is 0.699. The molecule has 1 aliphatic rings. The molecule has 3 aromatic rings.